The lowest BCUT2D eigenvalue weighted by Crippen LogP contribution is -2.60. The Hall–Kier alpha value is -1.55. The van der Waals surface area contributed by atoms with Crippen LogP contribution in [0.25, 0.3) is 0 Å². The lowest BCUT2D eigenvalue weighted by Gasteiger charge is -2.53. The smallest absolute Gasteiger partial charge is 0.115 e. The van der Waals surface area contributed by atoms with E-state index in [1.165, 1.54) is 11.1 Å². The zero-order valence-corrected chi connectivity index (χ0v) is 17.0. The number of hydrogen-bond acceptors (Lipinski definition) is 3. The van der Waals surface area contributed by atoms with Gasteiger partial charge in [-0.15, -0.1) is 0 Å². The first-order valence-electron chi connectivity index (χ1n) is 9.94. The van der Waals surface area contributed by atoms with Gasteiger partial charge in [-0.1, -0.05) is 49.7 Å². The van der Waals surface area contributed by atoms with E-state index in [0.29, 0.717) is 17.7 Å². The molecular formula is C23H29ClN2O. The number of fused-ring (bicyclic) bond motifs is 1. The quantitative estimate of drug-likeness (QED) is 0.842. The van der Waals surface area contributed by atoms with E-state index in [1.807, 2.05) is 24.3 Å². The van der Waals surface area contributed by atoms with Crippen molar-refractivity contribution in [1.29, 1.82) is 0 Å². The van der Waals surface area contributed by atoms with Crippen molar-refractivity contribution in [2.24, 2.45) is 5.92 Å². The summed E-state index contributed by atoms with van der Waals surface area (Å²) in [7, 11) is 0. The van der Waals surface area contributed by atoms with Crippen LogP contribution in [0.2, 0.25) is 5.02 Å². The third kappa shape index (κ3) is 3.87. The van der Waals surface area contributed by atoms with E-state index in [2.05, 4.69) is 41.8 Å². The molecule has 0 saturated carbocycles. The highest BCUT2D eigenvalue weighted by atomic mass is 35.5. The highest BCUT2D eigenvalue weighted by Gasteiger charge is 2.44. The molecule has 0 radical (unpaired) electrons. The number of benzene rings is 2. The summed E-state index contributed by atoms with van der Waals surface area (Å²) in [4.78, 5) is 5.23. The second-order valence-corrected chi connectivity index (χ2v) is 9.02. The molecule has 1 N–H and O–H groups in total. The van der Waals surface area contributed by atoms with E-state index >= 15 is 0 Å². The molecule has 2 aliphatic heterocycles. The SMILES string of the molecule is CC1CN2CCN(Cc3cccc(Cl)c3)CC2CC1(C)c1cccc(O)c1. The van der Waals surface area contributed by atoms with Crippen LogP contribution in [0.1, 0.15) is 31.4 Å². The molecule has 0 spiro atoms. The van der Waals surface area contributed by atoms with E-state index in [-0.39, 0.29) is 5.41 Å². The average molecular weight is 385 g/mol. The summed E-state index contributed by atoms with van der Waals surface area (Å²) in [5.41, 5.74) is 2.65. The molecule has 144 valence electrons. The maximum atomic E-state index is 9.98. The Kier molecular flexibility index (Phi) is 5.19. The van der Waals surface area contributed by atoms with Gasteiger partial charge in [-0.3, -0.25) is 9.80 Å². The summed E-state index contributed by atoms with van der Waals surface area (Å²) in [6, 6.07) is 16.6. The maximum Gasteiger partial charge on any atom is 0.115 e. The van der Waals surface area contributed by atoms with Crippen LogP contribution in [0.5, 0.6) is 5.75 Å². The predicted molar refractivity (Wildman–Crippen MR) is 111 cm³/mol. The topological polar surface area (TPSA) is 26.7 Å². The zero-order chi connectivity index (χ0) is 19.0. The zero-order valence-electron chi connectivity index (χ0n) is 16.2. The van der Waals surface area contributed by atoms with Crippen molar-refractivity contribution in [2.45, 2.75) is 38.3 Å². The molecule has 2 fully saturated rings. The molecule has 3 unspecified atom stereocenters. The van der Waals surface area contributed by atoms with Gasteiger partial charge in [0.05, 0.1) is 0 Å². The maximum absolute atomic E-state index is 9.98. The highest BCUT2D eigenvalue weighted by Crippen LogP contribution is 2.43. The van der Waals surface area contributed by atoms with Crippen LogP contribution in [0.4, 0.5) is 0 Å². The Bertz CT molecular complexity index is 810. The number of halogens is 1. The van der Waals surface area contributed by atoms with Crippen molar-refractivity contribution in [3.63, 3.8) is 0 Å². The number of phenols is 1. The average Bonchev–Trinajstić information content (AvgIpc) is 2.63. The first kappa shape index (κ1) is 18.8. The van der Waals surface area contributed by atoms with Gasteiger partial charge in [0.15, 0.2) is 0 Å². The molecule has 2 saturated heterocycles. The monoisotopic (exact) mass is 384 g/mol. The molecule has 2 heterocycles. The normalized spacial score (nSPS) is 29.4. The number of rotatable bonds is 3. The Morgan fingerprint density at radius 3 is 2.70 bits per heavy atom. The van der Waals surface area contributed by atoms with Gasteiger partial charge >= 0.3 is 0 Å². The molecule has 2 aromatic carbocycles. The van der Waals surface area contributed by atoms with Gasteiger partial charge in [-0.05, 0) is 53.1 Å². The van der Waals surface area contributed by atoms with Crippen molar-refractivity contribution in [3.8, 4) is 5.75 Å². The fraction of sp³-hybridized carbons (Fsp3) is 0.478. The minimum absolute atomic E-state index is 0.0962. The van der Waals surface area contributed by atoms with E-state index in [4.69, 9.17) is 11.6 Å². The summed E-state index contributed by atoms with van der Waals surface area (Å²) >= 11 is 6.16. The summed E-state index contributed by atoms with van der Waals surface area (Å²) in [5.74, 6) is 0.935. The highest BCUT2D eigenvalue weighted by molar-refractivity contribution is 6.30. The fourth-order valence-corrected chi connectivity index (χ4v) is 5.15. The Morgan fingerprint density at radius 2 is 1.93 bits per heavy atom. The van der Waals surface area contributed by atoms with Crippen molar-refractivity contribution in [3.05, 3.63) is 64.7 Å². The van der Waals surface area contributed by atoms with Crippen LogP contribution in [0, 0.1) is 5.92 Å². The first-order valence-corrected chi connectivity index (χ1v) is 10.3. The van der Waals surface area contributed by atoms with Crippen molar-refractivity contribution >= 4 is 11.6 Å². The van der Waals surface area contributed by atoms with Gasteiger partial charge < -0.3 is 5.11 Å². The molecule has 4 rings (SSSR count). The van der Waals surface area contributed by atoms with E-state index in [9.17, 15) is 5.11 Å². The van der Waals surface area contributed by atoms with Gasteiger partial charge in [-0.2, -0.15) is 0 Å². The molecule has 3 atom stereocenters. The van der Waals surface area contributed by atoms with E-state index in [1.54, 1.807) is 6.07 Å². The first-order chi connectivity index (χ1) is 12.9. The second kappa shape index (κ2) is 7.46. The number of aromatic hydroxyl groups is 1. The van der Waals surface area contributed by atoms with Crippen LogP contribution >= 0.6 is 11.6 Å². The lowest BCUT2D eigenvalue weighted by molar-refractivity contribution is -0.00557. The molecule has 3 nitrogen and oxygen atoms in total. The third-order valence-electron chi connectivity index (χ3n) is 6.75. The van der Waals surface area contributed by atoms with Gasteiger partial charge in [0.25, 0.3) is 0 Å². The standard InChI is InChI=1S/C23H29ClN2O/c1-17-14-26-10-9-25(15-18-5-3-7-20(24)11-18)16-21(26)13-23(17,2)19-6-4-8-22(27)12-19/h3-8,11-12,17,21,27H,9-10,13-16H2,1-2H3. The van der Waals surface area contributed by atoms with Crippen molar-refractivity contribution < 1.29 is 5.11 Å². The minimum atomic E-state index is 0.0962. The van der Waals surface area contributed by atoms with Crippen LogP contribution in [-0.4, -0.2) is 47.1 Å². The van der Waals surface area contributed by atoms with Gasteiger partial charge in [0.1, 0.15) is 5.75 Å². The Balaban J connectivity index is 1.50. The number of nitrogens with zero attached hydrogens (tertiary/aromatic N) is 2. The Labute approximate surface area is 167 Å². The number of phenolic OH excluding ortho intramolecular Hbond substituents is 1. The predicted octanol–water partition coefficient (Wildman–Crippen LogP) is 4.53. The fourth-order valence-electron chi connectivity index (χ4n) is 4.94. The van der Waals surface area contributed by atoms with Crippen molar-refractivity contribution in [1.82, 2.24) is 9.80 Å². The summed E-state index contributed by atoms with van der Waals surface area (Å²) in [6.45, 7) is 10.2. The van der Waals surface area contributed by atoms with Crippen LogP contribution in [0.15, 0.2) is 48.5 Å². The third-order valence-corrected chi connectivity index (χ3v) is 6.98. The van der Waals surface area contributed by atoms with Crippen molar-refractivity contribution in [2.75, 3.05) is 26.2 Å². The van der Waals surface area contributed by atoms with E-state index in [0.717, 1.165) is 44.2 Å². The molecular weight excluding hydrogens is 356 g/mol. The summed E-state index contributed by atoms with van der Waals surface area (Å²) < 4.78 is 0. The summed E-state index contributed by atoms with van der Waals surface area (Å²) in [5, 5.41) is 10.8. The summed E-state index contributed by atoms with van der Waals surface area (Å²) in [6.07, 6.45) is 1.13. The largest absolute Gasteiger partial charge is 0.508 e. The Morgan fingerprint density at radius 1 is 1.11 bits per heavy atom. The van der Waals surface area contributed by atoms with Crippen LogP contribution in [-0.2, 0) is 12.0 Å². The van der Waals surface area contributed by atoms with Crippen LogP contribution in [0.3, 0.4) is 0 Å². The molecule has 4 heteroatoms. The molecule has 0 aromatic heterocycles. The van der Waals surface area contributed by atoms with Gasteiger partial charge in [0.2, 0.25) is 0 Å². The lowest BCUT2D eigenvalue weighted by atomic mass is 9.65. The number of piperazine rings is 1. The van der Waals surface area contributed by atoms with Gasteiger partial charge in [0, 0.05) is 43.8 Å². The number of hydrogen-bond donors (Lipinski definition) is 1. The molecule has 27 heavy (non-hydrogen) atoms. The second-order valence-electron chi connectivity index (χ2n) is 8.59. The van der Waals surface area contributed by atoms with Gasteiger partial charge in [-0.25, -0.2) is 0 Å². The molecule has 0 aliphatic carbocycles. The number of piperidine rings is 1. The van der Waals surface area contributed by atoms with Crippen LogP contribution < -0.4 is 0 Å². The molecule has 2 aliphatic rings. The molecule has 0 amide bonds. The molecule has 0 bridgehead atoms. The van der Waals surface area contributed by atoms with E-state index < -0.39 is 0 Å². The molecule has 2 aromatic rings. The minimum Gasteiger partial charge on any atom is -0.508 e.